The zero-order valence-electron chi connectivity index (χ0n) is 15.0. The molecule has 24 heavy (non-hydrogen) atoms. The zero-order valence-corrected chi connectivity index (χ0v) is 15.0. The fraction of sp³-hybridized carbons (Fsp3) is 0.579. The Kier molecular flexibility index (Phi) is 5.86. The van der Waals surface area contributed by atoms with E-state index in [0.29, 0.717) is 26.0 Å². The minimum absolute atomic E-state index is 0.0390. The first kappa shape index (κ1) is 18.3. The summed E-state index contributed by atoms with van der Waals surface area (Å²) in [5.74, 6) is -0.350. The first-order chi connectivity index (χ1) is 11.3. The maximum Gasteiger partial charge on any atom is 0.410 e. The lowest BCUT2D eigenvalue weighted by atomic mass is 9.92. The summed E-state index contributed by atoms with van der Waals surface area (Å²) in [5.41, 5.74) is 0.465. The molecule has 1 heterocycles. The number of piperidine rings is 1. The normalized spacial score (nSPS) is 21.2. The number of rotatable bonds is 3. The van der Waals surface area contributed by atoms with Crippen molar-refractivity contribution in [1.29, 1.82) is 0 Å². The highest BCUT2D eigenvalue weighted by Crippen LogP contribution is 2.26. The Bertz CT molecular complexity index is 564. The summed E-state index contributed by atoms with van der Waals surface area (Å²) < 4.78 is 10.8. The third-order valence-corrected chi connectivity index (χ3v) is 4.06. The van der Waals surface area contributed by atoms with Crippen molar-refractivity contribution in [2.45, 2.75) is 58.8 Å². The van der Waals surface area contributed by atoms with Gasteiger partial charge >= 0.3 is 12.1 Å². The molecule has 1 aromatic rings. The highest BCUT2D eigenvalue weighted by atomic mass is 16.6. The SMILES string of the molecule is CC1CC(C(=O)OCc2ccccc2)CCN1C(=O)OC(C)(C)C. The number of esters is 1. The molecule has 2 unspecified atom stereocenters. The van der Waals surface area contributed by atoms with Crippen LogP contribution in [-0.4, -0.2) is 35.2 Å². The summed E-state index contributed by atoms with van der Waals surface area (Å²) in [6.45, 7) is 8.30. The maximum atomic E-state index is 12.3. The molecule has 1 aromatic carbocycles. The standard InChI is InChI=1S/C19H27NO4/c1-14-12-16(10-11-20(14)18(22)24-19(2,3)4)17(21)23-13-15-8-6-5-7-9-15/h5-9,14,16H,10-13H2,1-4H3. The van der Waals surface area contributed by atoms with Gasteiger partial charge in [0.05, 0.1) is 5.92 Å². The number of likely N-dealkylation sites (tertiary alicyclic amines) is 1. The summed E-state index contributed by atoms with van der Waals surface area (Å²) in [6, 6.07) is 9.60. The number of carbonyl (C=O) groups excluding carboxylic acids is 2. The smallest absolute Gasteiger partial charge is 0.410 e. The van der Waals surface area contributed by atoms with Crippen molar-refractivity contribution >= 4 is 12.1 Å². The van der Waals surface area contributed by atoms with Crippen molar-refractivity contribution in [3.05, 3.63) is 35.9 Å². The second-order valence-electron chi connectivity index (χ2n) is 7.34. The monoisotopic (exact) mass is 333 g/mol. The Morgan fingerprint density at radius 1 is 1.21 bits per heavy atom. The summed E-state index contributed by atoms with van der Waals surface area (Å²) in [6.07, 6.45) is 0.899. The Hall–Kier alpha value is -2.04. The first-order valence-corrected chi connectivity index (χ1v) is 8.46. The van der Waals surface area contributed by atoms with Crippen LogP contribution in [0.4, 0.5) is 4.79 Å². The molecule has 2 rings (SSSR count). The van der Waals surface area contributed by atoms with Gasteiger partial charge in [-0.3, -0.25) is 4.79 Å². The van der Waals surface area contributed by atoms with Crippen molar-refractivity contribution in [3.8, 4) is 0 Å². The Morgan fingerprint density at radius 3 is 2.46 bits per heavy atom. The molecule has 0 saturated carbocycles. The molecular weight excluding hydrogens is 306 g/mol. The van der Waals surface area contributed by atoms with Crippen LogP contribution in [0.25, 0.3) is 0 Å². The number of ether oxygens (including phenoxy) is 2. The molecule has 5 nitrogen and oxygen atoms in total. The summed E-state index contributed by atoms with van der Waals surface area (Å²) in [5, 5.41) is 0. The van der Waals surface area contributed by atoms with Crippen LogP contribution in [-0.2, 0) is 20.9 Å². The Balaban J connectivity index is 1.83. The number of benzene rings is 1. The minimum Gasteiger partial charge on any atom is -0.461 e. The highest BCUT2D eigenvalue weighted by molar-refractivity contribution is 5.74. The van der Waals surface area contributed by atoms with Gasteiger partial charge in [-0.15, -0.1) is 0 Å². The van der Waals surface area contributed by atoms with Crippen LogP contribution >= 0.6 is 0 Å². The van der Waals surface area contributed by atoms with E-state index >= 15 is 0 Å². The molecule has 0 aliphatic carbocycles. The van der Waals surface area contributed by atoms with E-state index in [4.69, 9.17) is 9.47 Å². The van der Waals surface area contributed by atoms with Gasteiger partial charge in [0, 0.05) is 12.6 Å². The molecule has 1 fully saturated rings. The van der Waals surface area contributed by atoms with Gasteiger partial charge in [0.15, 0.2) is 0 Å². The van der Waals surface area contributed by atoms with Crippen molar-refractivity contribution < 1.29 is 19.1 Å². The zero-order chi connectivity index (χ0) is 17.7. The van der Waals surface area contributed by atoms with E-state index in [1.54, 1.807) is 4.90 Å². The van der Waals surface area contributed by atoms with E-state index in [-0.39, 0.29) is 24.0 Å². The molecule has 0 aromatic heterocycles. The lowest BCUT2D eigenvalue weighted by molar-refractivity contribution is -0.152. The number of nitrogens with zero attached hydrogens (tertiary/aromatic N) is 1. The fourth-order valence-corrected chi connectivity index (χ4v) is 2.82. The van der Waals surface area contributed by atoms with Crippen LogP contribution in [0.1, 0.15) is 46.1 Å². The molecule has 0 radical (unpaired) electrons. The molecule has 0 bridgehead atoms. The highest BCUT2D eigenvalue weighted by Gasteiger charge is 2.35. The number of hydrogen-bond acceptors (Lipinski definition) is 4. The molecule has 1 aliphatic heterocycles. The average Bonchev–Trinajstić information content (AvgIpc) is 2.51. The van der Waals surface area contributed by atoms with E-state index in [2.05, 4.69) is 0 Å². The van der Waals surface area contributed by atoms with Gasteiger partial charge in [0.1, 0.15) is 12.2 Å². The molecule has 1 amide bonds. The van der Waals surface area contributed by atoms with E-state index < -0.39 is 5.60 Å². The first-order valence-electron chi connectivity index (χ1n) is 8.46. The minimum atomic E-state index is -0.512. The maximum absolute atomic E-state index is 12.3. The van der Waals surface area contributed by atoms with Gasteiger partial charge < -0.3 is 14.4 Å². The van der Waals surface area contributed by atoms with Gasteiger partial charge in [-0.2, -0.15) is 0 Å². The Morgan fingerprint density at radius 2 is 1.88 bits per heavy atom. The van der Waals surface area contributed by atoms with Crippen LogP contribution < -0.4 is 0 Å². The second kappa shape index (κ2) is 7.69. The van der Waals surface area contributed by atoms with Crippen molar-refractivity contribution in [3.63, 3.8) is 0 Å². The molecule has 1 aliphatic rings. The molecule has 0 spiro atoms. The molecule has 0 N–H and O–H groups in total. The third kappa shape index (κ3) is 5.25. The van der Waals surface area contributed by atoms with Gasteiger partial charge in [-0.25, -0.2) is 4.79 Å². The van der Waals surface area contributed by atoms with Crippen LogP contribution in [0.5, 0.6) is 0 Å². The van der Waals surface area contributed by atoms with Crippen LogP contribution in [0.15, 0.2) is 30.3 Å². The van der Waals surface area contributed by atoms with Gasteiger partial charge in [-0.1, -0.05) is 30.3 Å². The summed E-state index contributed by atoms with van der Waals surface area (Å²) >= 11 is 0. The molecule has 1 saturated heterocycles. The van der Waals surface area contributed by atoms with Gasteiger partial charge in [0.2, 0.25) is 0 Å². The van der Waals surface area contributed by atoms with E-state index in [1.165, 1.54) is 0 Å². The van der Waals surface area contributed by atoms with E-state index in [1.807, 2.05) is 58.0 Å². The molecular formula is C19H27NO4. The van der Waals surface area contributed by atoms with Crippen molar-refractivity contribution in [2.24, 2.45) is 5.92 Å². The molecule has 132 valence electrons. The van der Waals surface area contributed by atoms with Crippen LogP contribution in [0.2, 0.25) is 0 Å². The third-order valence-electron chi connectivity index (χ3n) is 4.06. The lowest BCUT2D eigenvalue weighted by Gasteiger charge is -2.37. The van der Waals surface area contributed by atoms with Gasteiger partial charge in [-0.05, 0) is 46.1 Å². The number of amides is 1. The number of hydrogen-bond donors (Lipinski definition) is 0. The van der Waals surface area contributed by atoms with Crippen LogP contribution in [0.3, 0.4) is 0 Å². The number of carbonyl (C=O) groups is 2. The topological polar surface area (TPSA) is 55.8 Å². The summed E-state index contributed by atoms with van der Waals surface area (Å²) in [7, 11) is 0. The largest absolute Gasteiger partial charge is 0.461 e. The molecule has 5 heteroatoms. The second-order valence-corrected chi connectivity index (χ2v) is 7.34. The van der Waals surface area contributed by atoms with Gasteiger partial charge in [0.25, 0.3) is 0 Å². The van der Waals surface area contributed by atoms with Crippen LogP contribution in [0, 0.1) is 5.92 Å². The average molecular weight is 333 g/mol. The lowest BCUT2D eigenvalue weighted by Crippen LogP contribution is -2.48. The van der Waals surface area contributed by atoms with E-state index in [0.717, 1.165) is 5.56 Å². The fourth-order valence-electron chi connectivity index (χ4n) is 2.82. The van der Waals surface area contributed by atoms with Crippen molar-refractivity contribution in [1.82, 2.24) is 4.90 Å². The molecule has 2 atom stereocenters. The Labute approximate surface area is 143 Å². The van der Waals surface area contributed by atoms with E-state index in [9.17, 15) is 9.59 Å². The van der Waals surface area contributed by atoms with Crippen molar-refractivity contribution in [2.75, 3.05) is 6.54 Å². The predicted octanol–water partition coefficient (Wildman–Crippen LogP) is 3.77. The quantitative estimate of drug-likeness (QED) is 0.790. The predicted molar refractivity (Wildman–Crippen MR) is 91.4 cm³/mol. The summed E-state index contributed by atoms with van der Waals surface area (Å²) in [4.78, 5) is 26.2.